The van der Waals surface area contributed by atoms with E-state index >= 15 is 0 Å². The molecule has 0 saturated carbocycles. The summed E-state index contributed by atoms with van der Waals surface area (Å²) < 4.78 is 50.5. The lowest BCUT2D eigenvalue weighted by Gasteiger charge is -2.22. The molecule has 104 valence electrons. The smallest absolute Gasteiger partial charge is 0.324 e. The van der Waals surface area contributed by atoms with E-state index in [2.05, 4.69) is 0 Å². The van der Waals surface area contributed by atoms with Gasteiger partial charge in [0.25, 0.3) is 10.1 Å². The number of nitrogens with zero attached hydrogens (tertiary/aromatic N) is 1. The van der Waals surface area contributed by atoms with Crippen LogP contribution < -0.4 is 0 Å². The lowest BCUT2D eigenvalue weighted by molar-refractivity contribution is 0.284. The second-order valence-electron chi connectivity index (χ2n) is 3.29. The van der Waals surface area contributed by atoms with Crippen LogP contribution in [-0.2, 0) is 19.2 Å². The SMILES string of the molecule is O=P(O)(O)CN(CCS(=O)(=O)O)CP(=O)(O)O. The van der Waals surface area contributed by atoms with Crippen molar-refractivity contribution < 1.29 is 41.7 Å². The van der Waals surface area contributed by atoms with Gasteiger partial charge in [-0.1, -0.05) is 0 Å². The first-order valence-electron chi connectivity index (χ1n) is 4.05. The van der Waals surface area contributed by atoms with Crippen LogP contribution in [0.1, 0.15) is 0 Å². The molecule has 0 aromatic carbocycles. The second-order valence-corrected chi connectivity index (χ2v) is 8.09. The summed E-state index contributed by atoms with van der Waals surface area (Å²) in [6.45, 7) is -0.602. The quantitative estimate of drug-likeness (QED) is 0.273. The van der Waals surface area contributed by atoms with Crippen molar-refractivity contribution >= 4 is 25.3 Å². The third kappa shape index (κ3) is 12.4. The Morgan fingerprint density at radius 3 is 1.53 bits per heavy atom. The van der Waals surface area contributed by atoms with Crippen LogP contribution in [0.3, 0.4) is 0 Å². The van der Waals surface area contributed by atoms with Crippen molar-refractivity contribution in [3.8, 4) is 0 Å². The first kappa shape index (κ1) is 17.2. The van der Waals surface area contributed by atoms with Crippen molar-refractivity contribution in [3.63, 3.8) is 0 Å². The predicted octanol–water partition coefficient (Wildman–Crippen LogP) is -1.55. The Hall–Kier alpha value is 0.170. The largest absolute Gasteiger partial charge is 0.339 e. The molecule has 17 heavy (non-hydrogen) atoms. The molecule has 0 aromatic heterocycles. The number of hydrogen-bond donors (Lipinski definition) is 5. The molecular formula is C4H13NO9P2S. The Labute approximate surface area is 97.3 Å². The van der Waals surface area contributed by atoms with Crippen molar-refractivity contribution in [3.05, 3.63) is 0 Å². The van der Waals surface area contributed by atoms with E-state index in [-0.39, 0.29) is 0 Å². The topological polar surface area (TPSA) is 173 Å². The Balaban J connectivity index is 4.64. The zero-order valence-electron chi connectivity index (χ0n) is 8.45. The molecule has 10 nitrogen and oxygen atoms in total. The minimum Gasteiger partial charge on any atom is -0.324 e. The van der Waals surface area contributed by atoms with E-state index in [1.165, 1.54) is 0 Å². The van der Waals surface area contributed by atoms with Gasteiger partial charge in [0, 0.05) is 6.54 Å². The van der Waals surface area contributed by atoms with Crippen LogP contribution in [0, 0.1) is 0 Å². The molecule has 0 spiro atoms. The molecule has 0 saturated heterocycles. The van der Waals surface area contributed by atoms with Crippen LogP contribution in [0.25, 0.3) is 0 Å². The monoisotopic (exact) mass is 313 g/mol. The maximum absolute atomic E-state index is 10.6. The van der Waals surface area contributed by atoms with E-state index in [4.69, 9.17) is 24.1 Å². The Morgan fingerprint density at radius 1 is 0.941 bits per heavy atom. The summed E-state index contributed by atoms with van der Waals surface area (Å²) in [6, 6.07) is 0. The van der Waals surface area contributed by atoms with Crippen molar-refractivity contribution in [1.29, 1.82) is 0 Å². The predicted molar refractivity (Wildman–Crippen MR) is 56.9 cm³/mol. The summed E-state index contributed by atoms with van der Waals surface area (Å²) in [5.74, 6) is -0.882. The highest BCUT2D eigenvalue weighted by Crippen LogP contribution is 2.40. The van der Waals surface area contributed by atoms with E-state index in [1.54, 1.807) is 0 Å². The van der Waals surface area contributed by atoms with E-state index in [9.17, 15) is 17.5 Å². The summed E-state index contributed by atoms with van der Waals surface area (Å²) in [7, 11) is -13.5. The molecule has 0 rings (SSSR count). The minimum absolute atomic E-state index is 0.579. The van der Waals surface area contributed by atoms with Crippen molar-refractivity contribution in [2.75, 3.05) is 24.9 Å². The third-order valence-corrected chi connectivity index (χ3v) is 3.67. The van der Waals surface area contributed by atoms with Crippen LogP contribution in [0.4, 0.5) is 0 Å². The van der Waals surface area contributed by atoms with Gasteiger partial charge in [-0.05, 0) is 0 Å². The van der Waals surface area contributed by atoms with Gasteiger partial charge in [0.05, 0.1) is 5.75 Å². The Morgan fingerprint density at radius 2 is 1.29 bits per heavy atom. The molecular weight excluding hydrogens is 300 g/mol. The molecule has 0 aliphatic heterocycles. The van der Waals surface area contributed by atoms with Crippen LogP contribution in [0.15, 0.2) is 0 Å². The zero-order valence-corrected chi connectivity index (χ0v) is 11.1. The van der Waals surface area contributed by atoms with Gasteiger partial charge in [0.1, 0.15) is 12.6 Å². The van der Waals surface area contributed by atoms with Gasteiger partial charge in [-0.2, -0.15) is 8.42 Å². The van der Waals surface area contributed by atoms with Gasteiger partial charge in [-0.3, -0.25) is 18.6 Å². The van der Waals surface area contributed by atoms with Gasteiger partial charge >= 0.3 is 15.2 Å². The van der Waals surface area contributed by atoms with Crippen LogP contribution in [0.2, 0.25) is 0 Å². The molecule has 0 aliphatic carbocycles. The van der Waals surface area contributed by atoms with Crippen molar-refractivity contribution in [2.45, 2.75) is 0 Å². The molecule has 0 aromatic rings. The molecule has 0 aliphatic rings. The van der Waals surface area contributed by atoms with Crippen LogP contribution in [0.5, 0.6) is 0 Å². The molecule has 0 unspecified atom stereocenters. The average molecular weight is 313 g/mol. The summed E-state index contributed by atoms with van der Waals surface area (Å²) >= 11 is 0. The normalized spacial score (nSPS) is 14.2. The molecule has 0 heterocycles. The lowest BCUT2D eigenvalue weighted by atomic mass is 10.7. The molecule has 0 fully saturated rings. The highest BCUT2D eigenvalue weighted by atomic mass is 32.2. The standard InChI is InChI=1S/C4H13NO9P2S/c6-15(7,8)3-5(4-16(9,10)11)1-2-17(12,13)14/h1-4H2,(H2,6,7,8)(H2,9,10,11)(H,12,13,14). The van der Waals surface area contributed by atoms with Crippen LogP contribution >= 0.6 is 15.2 Å². The van der Waals surface area contributed by atoms with Gasteiger partial charge < -0.3 is 19.6 Å². The first-order chi connectivity index (χ1) is 7.29. The van der Waals surface area contributed by atoms with E-state index < -0.39 is 50.2 Å². The summed E-state index contributed by atoms with van der Waals surface area (Å²) in [6.07, 6.45) is -2.01. The molecule has 0 atom stereocenters. The minimum atomic E-state index is -4.58. The number of hydrogen-bond acceptors (Lipinski definition) is 5. The first-order valence-corrected chi connectivity index (χ1v) is 9.26. The van der Waals surface area contributed by atoms with E-state index in [0.29, 0.717) is 4.90 Å². The fraction of sp³-hybridized carbons (Fsp3) is 1.00. The van der Waals surface area contributed by atoms with Crippen molar-refractivity contribution in [2.24, 2.45) is 0 Å². The van der Waals surface area contributed by atoms with E-state index in [0.717, 1.165) is 0 Å². The highest BCUT2D eigenvalue weighted by molar-refractivity contribution is 7.85. The van der Waals surface area contributed by atoms with Gasteiger partial charge in [-0.25, -0.2) is 0 Å². The molecule has 0 bridgehead atoms. The van der Waals surface area contributed by atoms with Crippen LogP contribution in [-0.4, -0.2) is 62.3 Å². The molecule has 5 N–H and O–H groups in total. The third-order valence-electron chi connectivity index (χ3n) is 1.43. The molecule has 13 heteroatoms. The summed E-state index contributed by atoms with van der Waals surface area (Å²) in [4.78, 5) is 35.1. The maximum Gasteiger partial charge on any atom is 0.339 e. The molecule has 0 amide bonds. The second kappa shape index (κ2) is 5.87. The fourth-order valence-corrected chi connectivity index (χ4v) is 3.12. The summed E-state index contributed by atoms with van der Waals surface area (Å²) in [5.41, 5.74) is 0. The van der Waals surface area contributed by atoms with Gasteiger partial charge in [0.15, 0.2) is 0 Å². The molecule has 0 radical (unpaired) electrons. The zero-order chi connectivity index (χ0) is 13.9. The Kier molecular flexibility index (Phi) is 5.93. The summed E-state index contributed by atoms with van der Waals surface area (Å²) in [5, 5.41) is 0. The lowest BCUT2D eigenvalue weighted by Crippen LogP contribution is -2.31. The van der Waals surface area contributed by atoms with Gasteiger partial charge in [-0.15, -0.1) is 0 Å². The fourth-order valence-electron chi connectivity index (χ4n) is 0.952. The average Bonchev–Trinajstić information content (AvgIpc) is 1.92. The Bertz CT molecular complexity index is 410. The van der Waals surface area contributed by atoms with Crippen molar-refractivity contribution in [1.82, 2.24) is 4.90 Å². The maximum atomic E-state index is 10.6. The number of rotatable bonds is 7. The van der Waals surface area contributed by atoms with Gasteiger partial charge in [0.2, 0.25) is 0 Å². The highest BCUT2D eigenvalue weighted by Gasteiger charge is 2.26. The van der Waals surface area contributed by atoms with E-state index in [1.807, 2.05) is 0 Å².